The van der Waals surface area contributed by atoms with Crippen molar-refractivity contribution in [2.24, 2.45) is 5.73 Å². The number of methoxy groups -OCH3 is 1. The summed E-state index contributed by atoms with van der Waals surface area (Å²) in [6, 6.07) is 4.29. The lowest BCUT2D eigenvalue weighted by atomic mass is 9.84. The van der Waals surface area contributed by atoms with E-state index in [1.54, 1.807) is 7.11 Å². The van der Waals surface area contributed by atoms with Crippen molar-refractivity contribution in [3.05, 3.63) is 34.9 Å². The number of nitrogens with two attached hydrogens (primary N) is 1. The summed E-state index contributed by atoms with van der Waals surface area (Å²) in [6.07, 6.45) is 4.00. The highest BCUT2D eigenvalue weighted by Crippen LogP contribution is 2.33. The van der Waals surface area contributed by atoms with Gasteiger partial charge in [0.2, 0.25) is 0 Å². The second kappa shape index (κ2) is 5.37. The molecule has 0 saturated carbocycles. The van der Waals surface area contributed by atoms with E-state index in [4.69, 9.17) is 10.5 Å². The Morgan fingerprint density at radius 1 is 1.29 bits per heavy atom. The standard InChI is InChI=1S/C15H23NO/c1-11-9-13(15(2,3)4)14(17-5)10-12(11)7-6-8-16/h6-7,9-10H,8,16H2,1-5H3/b7-6+. The summed E-state index contributed by atoms with van der Waals surface area (Å²) in [5.41, 5.74) is 9.22. The van der Waals surface area contributed by atoms with Crippen LogP contribution in [0.15, 0.2) is 18.2 Å². The van der Waals surface area contributed by atoms with E-state index in [1.165, 1.54) is 16.7 Å². The number of hydrogen-bond donors (Lipinski definition) is 1. The molecule has 0 saturated heterocycles. The third-order valence-corrected chi connectivity index (χ3v) is 2.83. The van der Waals surface area contributed by atoms with Crippen LogP contribution in [0.2, 0.25) is 0 Å². The highest BCUT2D eigenvalue weighted by atomic mass is 16.5. The van der Waals surface area contributed by atoms with Gasteiger partial charge in [-0.25, -0.2) is 0 Å². The molecule has 0 atom stereocenters. The van der Waals surface area contributed by atoms with Crippen LogP contribution in [0.1, 0.15) is 37.5 Å². The number of aryl methyl sites for hydroxylation is 1. The molecule has 0 unspecified atom stereocenters. The Bertz CT molecular complexity index is 414. The van der Waals surface area contributed by atoms with Crippen LogP contribution >= 0.6 is 0 Å². The second-order valence-corrected chi connectivity index (χ2v) is 5.30. The van der Waals surface area contributed by atoms with Crippen molar-refractivity contribution >= 4 is 6.08 Å². The van der Waals surface area contributed by atoms with Crippen molar-refractivity contribution in [2.75, 3.05) is 13.7 Å². The van der Waals surface area contributed by atoms with E-state index in [0.29, 0.717) is 6.54 Å². The zero-order valence-electron chi connectivity index (χ0n) is 11.5. The van der Waals surface area contributed by atoms with E-state index in [-0.39, 0.29) is 5.41 Å². The molecule has 0 aliphatic rings. The van der Waals surface area contributed by atoms with Crippen LogP contribution in [-0.4, -0.2) is 13.7 Å². The van der Waals surface area contributed by atoms with E-state index in [9.17, 15) is 0 Å². The average molecular weight is 233 g/mol. The molecular formula is C15H23NO. The molecule has 0 fully saturated rings. The van der Waals surface area contributed by atoms with E-state index in [1.807, 2.05) is 12.2 Å². The Labute approximate surface area is 104 Å². The molecule has 0 radical (unpaired) electrons. The Hall–Kier alpha value is -1.28. The molecule has 0 amide bonds. The number of benzene rings is 1. The van der Waals surface area contributed by atoms with Gasteiger partial charge < -0.3 is 10.5 Å². The first-order valence-corrected chi connectivity index (χ1v) is 5.96. The highest BCUT2D eigenvalue weighted by molar-refractivity contribution is 5.59. The molecule has 17 heavy (non-hydrogen) atoms. The molecule has 1 aromatic carbocycles. The van der Waals surface area contributed by atoms with Crippen molar-refractivity contribution < 1.29 is 4.74 Å². The fraction of sp³-hybridized carbons (Fsp3) is 0.467. The summed E-state index contributed by atoms with van der Waals surface area (Å²) >= 11 is 0. The summed E-state index contributed by atoms with van der Waals surface area (Å²) in [5, 5.41) is 0. The lowest BCUT2D eigenvalue weighted by Gasteiger charge is -2.23. The molecule has 0 aliphatic heterocycles. The molecule has 94 valence electrons. The lowest BCUT2D eigenvalue weighted by molar-refractivity contribution is 0.397. The van der Waals surface area contributed by atoms with Gasteiger partial charge in [0, 0.05) is 6.54 Å². The van der Waals surface area contributed by atoms with E-state index in [2.05, 4.69) is 39.8 Å². The molecular weight excluding hydrogens is 210 g/mol. The van der Waals surface area contributed by atoms with Crippen molar-refractivity contribution in [1.82, 2.24) is 0 Å². The number of rotatable bonds is 3. The van der Waals surface area contributed by atoms with Gasteiger partial charge in [-0.2, -0.15) is 0 Å². The topological polar surface area (TPSA) is 35.2 Å². The van der Waals surface area contributed by atoms with Crippen LogP contribution in [0.3, 0.4) is 0 Å². The fourth-order valence-electron chi connectivity index (χ4n) is 1.83. The van der Waals surface area contributed by atoms with Gasteiger partial charge in [-0.1, -0.05) is 39.0 Å². The van der Waals surface area contributed by atoms with Gasteiger partial charge in [-0.15, -0.1) is 0 Å². The molecule has 0 spiro atoms. The van der Waals surface area contributed by atoms with E-state index >= 15 is 0 Å². The first-order valence-electron chi connectivity index (χ1n) is 5.96. The molecule has 2 nitrogen and oxygen atoms in total. The predicted molar refractivity (Wildman–Crippen MR) is 74.5 cm³/mol. The molecule has 0 heterocycles. The molecule has 0 bridgehead atoms. The molecule has 1 rings (SSSR count). The first-order chi connectivity index (χ1) is 7.90. The third kappa shape index (κ3) is 3.34. The van der Waals surface area contributed by atoms with Crippen molar-refractivity contribution in [1.29, 1.82) is 0 Å². The van der Waals surface area contributed by atoms with Crippen LogP contribution in [0.25, 0.3) is 6.08 Å². The summed E-state index contributed by atoms with van der Waals surface area (Å²) in [5.74, 6) is 0.944. The first kappa shape index (κ1) is 13.8. The van der Waals surface area contributed by atoms with Gasteiger partial charge in [-0.05, 0) is 35.1 Å². The van der Waals surface area contributed by atoms with Crippen molar-refractivity contribution in [3.63, 3.8) is 0 Å². The normalized spacial score (nSPS) is 12.1. The lowest BCUT2D eigenvalue weighted by Crippen LogP contribution is -2.13. The highest BCUT2D eigenvalue weighted by Gasteiger charge is 2.19. The molecule has 2 N–H and O–H groups in total. The summed E-state index contributed by atoms with van der Waals surface area (Å²) in [7, 11) is 1.72. The van der Waals surface area contributed by atoms with E-state index < -0.39 is 0 Å². The van der Waals surface area contributed by atoms with Gasteiger partial charge in [0.25, 0.3) is 0 Å². The molecule has 1 aromatic rings. The minimum absolute atomic E-state index is 0.0895. The zero-order chi connectivity index (χ0) is 13.1. The van der Waals surface area contributed by atoms with Gasteiger partial charge in [-0.3, -0.25) is 0 Å². The van der Waals surface area contributed by atoms with Crippen LogP contribution in [0.5, 0.6) is 5.75 Å². The maximum Gasteiger partial charge on any atom is 0.123 e. The van der Waals surface area contributed by atoms with E-state index in [0.717, 1.165) is 5.75 Å². The maximum atomic E-state index is 5.48. The Balaban J connectivity index is 3.30. The Kier molecular flexibility index (Phi) is 4.35. The van der Waals surface area contributed by atoms with Crippen LogP contribution in [0, 0.1) is 6.92 Å². The van der Waals surface area contributed by atoms with Crippen molar-refractivity contribution in [3.8, 4) is 5.75 Å². The second-order valence-electron chi connectivity index (χ2n) is 5.30. The fourth-order valence-corrected chi connectivity index (χ4v) is 1.83. The predicted octanol–water partition coefficient (Wildman–Crippen LogP) is 3.27. The summed E-state index contributed by atoms with van der Waals surface area (Å²) in [4.78, 5) is 0. The van der Waals surface area contributed by atoms with Gasteiger partial charge >= 0.3 is 0 Å². The SMILES string of the molecule is COc1cc(/C=C/CN)c(C)cc1C(C)(C)C. The Morgan fingerprint density at radius 2 is 1.94 bits per heavy atom. The molecule has 2 heteroatoms. The molecule has 0 aliphatic carbocycles. The Morgan fingerprint density at radius 3 is 2.41 bits per heavy atom. The number of ether oxygens (including phenoxy) is 1. The number of hydrogen-bond acceptors (Lipinski definition) is 2. The van der Waals surface area contributed by atoms with Gasteiger partial charge in [0.15, 0.2) is 0 Å². The van der Waals surface area contributed by atoms with Crippen LogP contribution in [-0.2, 0) is 5.41 Å². The summed E-state index contributed by atoms with van der Waals surface area (Å²) in [6.45, 7) is 9.26. The minimum Gasteiger partial charge on any atom is -0.496 e. The largest absolute Gasteiger partial charge is 0.496 e. The maximum absolute atomic E-state index is 5.48. The van der Waals surface area contributed by atoms with Crippen molar-refractivity contribution in [2.45, 2.75) is 33.1 Å². The third-order valence-electron chi connectivity index (χ3n) is 2.83. The minimum atomic E-state index is 0.0895. The average Bonchev–Trinajstić information content (AvgIpc) is 2.25. The van der Waals surface area contributed by atoms with Gasteiger partial charge in [0.1, 0.15) is 5.75 Å². The smallest absolute Gasteiger partial charge is 0.123 e. The van der Waals surface area contributed by atoms with Gasteiger partial charge in [0.05, 0.1) is 7.11 Å². The molecule has 0 aromatic heterocycles. The monoisotopic (exact) mass is 233 g/mol. The summed E-state index contributed by atoms with van der Waals surface area (Å²) < 4.78 is 5.48. The quantitative estimate of drug-likeness (QED) is 0.869. The zero-order valence-corrected chi connectivity index (χ0v) is 11.5. The van der Waals surface area contributed by atoms with Crippen LogP contribution in [0.4, 0.5) is 0 Å². The van der Waals surface area contributed by atoms with Crippen LogP contribution < -0.4 is 10.5 Å².